The molecule has 2 aliphatic heterocycles. The van der Waals surface area contributed by atoms with Crippen molar-refractivity contribution in [2.75, 3.05) is 9.80 Å². The fraction of sp³-hybridized carbons (Fsp3) is 0.0213. The molecule has 9 rings (SSSR count). The van der Waals surface area contributed by atoms with Crippen molar-refractivity contribution < 1.29 is 23.9 Å². The van der Waals surface area contributed by atoms with Gasteiger partial charge in [-0.25, -0.2) is 4.90 Å². The van der Waals surface area contributed by atoms with Crippen molar-refractivity contribution in [1.29, 1.82) is 0 Å². The molecule has 0 saturated heterocycles. The van der Waals surface area contributed by atoms with Crippen LogP contribution in [0.2, 0.25) is 0 Å². The van der Waals surface area contributed by atoms with Gasteiger partial charge in [-0.1, -0.05) is 12.1 Å². The molecule has 0 unspecified atom stereocenters. The van der Waals surface area contributed by atoms with E-state index in [2.05, 4.69) is 78.9 Å². The van der Waals surface area contributed by atoms with Gasteiger partial charge in [0.1, 0.15) is 0 Å². The third kappa shape index (κ3) is 5.56. The van der Waals surface area contributed by atoms with E-state index >= 15 is 0 Å². The number of carbonyl (C=O) groups is 4. The van der Waals surface area contributed by atoms with Gasteiger partial charge < -0.3 is 0 Å². The minimum atomic E-state index is -2.92. The fourth-order valence-electron chi connectivity index (χ4n) is 7.88. The van der Waals surface area contributed by atoms with Gasteiger partial charge in [-0.2, -0.15) is 0 Å². The number of hydrogen-bond donors (Lipinski definition) is 0. The van der Waals surface area contributed by atoms with Crippen molar-refractivity contribution >= 4 is 63.5 Å². The molecule has 2 aliphatic rings. The average molecular weight is 737 g/mol. The van der Waals surface area contributed by atoms with E-state index in [9.17, 15) is 19.2 Å². The van der Waals surface area contributed by atoms with Crippen LogP contribution in [0.3, 0.4) is 0 Å². The first-order valence-corrected chi connectivity index (χ1v) is 19.9. The first-order chi connectivity index (χ1) is 26.8. The number of aryl methyl sites for hydroxylation is 1. The van der Waals surface area contributed by atoms with Crippen LogP contribution < -0.4 is 35.8 Å². The van der Waals surface area contributed by atoms with E-state index in [-0.39, 0.29) is 22.3 Å². The molecule has 0 saturated carbocycles. The zero-order valence-electron chi connectivity index (χ0n) is 29.7. The summed E-state index contributed by atoms with van der Waals surface area (Å²) in [6.07, 6.45) is 0. The molecular formula is C47H33N2O5P. The predicted octanol–water partition coefficient (Wildman–Crippen LogP) is 7.74. The van der Waals surface area contributed by atoms with E-state index in [0.717, 1.165) is 15.8 Å². The van der Waals surface area contributed by atoms with Crippen LogP contribution in [0.4, 0.5) is 11.4 Å². The molecule has 8 heteroatoms. The molecule has 2 heterocycles. The molecule has 4 amide bonds. The minimum absolute atomic E-state index is 0.212. The topological polar surface area (TPSA) is 84.0 Å². The number of hydrogen-bond acceptors (Lipinski definition) is 5. The molecule has 0 fully saturated rings. The van der Waals surface area contributed by atoms with E-state index < -0.39 is 30.9 Å². The predicted molar refractivity (Wildman–Crippen MR) is 219 cm³/mol. The summed E-state index contributed by atoms with van der Waals surface area (Å²) in [5.41, 5.74) is 2.89. The maximum atomic E-state index is 14.2. The SMILES string of the molecule is Cc1cccc(N2C(=O)c3ccc(Oc4ccc5c(c4)C(=O)N(c4cccc([PH](c6ccccc6)(c6ccccc6)c6ccccc6)c4)C5=O)cc3C2=O)c1. The Bertz CT molecular complexity index is 2580. The minimum Gasteiger partial charge on any atom is -0.268 e. The number of rotatable bonds is 8. The number of ether oxygens (including phenoxy) is 1. The first-order valence-electron chi connectivity index (χ1n) is 17.9. The van der Waals surface area contributed by atoms with Crippen molar-refractivity contribution in [1.82, 2.24) is 0 Å². The fourth-order valence-corrected chi connectivity index (χ4v) is 12.7. The molecular weight excluding hydrogens is 704 g/mol. The Hall–Kier alpha value is -6.95. The van der Waals surface area contributed by atoms with Gasteiger partial charge in [-0.05, 0) is 24.6 Å². The number of carbonyl (C=O) groups excluding carboxylic acids is 4. The summed E-state index contributed by atoms with van der Waals surface area (Å²) in [5, 5.41) is 4.55. The van der Waals surface area contributed by atoms with Crippen LogP contribution in [-0.2, 0) is 0 Å². The van der Waals surface area contributed by atoms with Crippen molar-refractivity contribution in [3.05, 3.63) is 204 Å². The first kappa shape index (κ1) is 33.9. The molecule has 0 radical (unpaired) electrons. The number of benzene rings is 7. The standard InChI is InChI=1S/C47H33N2O5P/c1-31-13-11-14-32(27-31)48-44(50)40-25-23-34(29-42(40)46(48)52)54-35-24-26-41-43(30-35)47(53)49(45(41)51)33-15-12-22-39(28-33)55(36-16-5-2-6-17-36,37-18-7-3-8-19-37)38-20-9-4-10-21-38/h2-30,55H,1H3. The van der Waals surface area contributed by atoms with Gasteiger partial charge in [0.25, 0.3) is 11.8 Å². The van der Waals surface area contributed by atoms with E-state index in [1.54, 1.807) is 54.6 Å². The molecule has 7 nitrogen and oxygen atoms in total. The molecule has 0 aromatic heterocycles. The Morgan fingerprint density at radius 3 is 1.24 bits per heavy atom. The quantitative estimate of drug-likeness (QED) is 0.118. The molecule has 7 aromatic carbocycles. The number of amides is 4. The summed E-state index contributed by atoms with van der Waals surface area (Å²) in [5.74, 6) is -1.10. The number of fused-ring (bicyclic) bond motifs is 2. The van der Waals surface area contributed by atoms with Gasteiger partial charge in [-0.3, -0.25) is 9.59 Å². The Balaban J connectivity index is 1.05. The molecule has 0 N–H and O–H groups in total. The summed E-state index contributed by atoms with van der Waals surface area (Å²) in [6, 6.07) is 55.8. The van der Waals surface area contributed by atoms with Crippen molar-refractivity contribution in [3.63, 3.8) is 0 Å². The van der Waals surface area contributed by atoms with Crippen LogP contribution in [0, 0.1) is 6.92 Å². The summed E-state index contributed by atoms with van der Waals surface area (Å²) in [7, 11) is -2.92. The zero-order chi connectivity index (χ0) is 37.7. The monoisotopic (exact) mass is 736 g/mol. The van der Waals surface area contributed by atoms with Crippen LogP contribution in [0.1, 0.15) is 47.0 Å². The van der Waals surface area contributed by atoms with Crippen molar-refractivity contribution in [2.45, 2.75) is 6.92 Å². The van der Waals surface area contributed by atoms with Gasteiger partial charge in [-0.15, -0.1) is 0 Å². The van der Waals surface area contributed by atoms with Gasteiger partial charge in [0.2, 0.25) is 0 Å². The third-order valence-electron chi connectivity index (χ3n) is 10.4. The van der Waals surface area contributed by atoms with Gasteiger partial charge in [0.15, 0.2) is 0 Å². The van der Waals surface area contributed by atoms with E-state index in [0.29, 0.717) is 22.9 Å². The number of imide groups is 2. The normalized spacial score (nSPS) is 13.9. The van der Waals surface area contributed by atoms with Crippen LogP contribution >= 0.6 is 7.26 Å². The molecule has 266 valence electrons. The van der Waals surface area contributed by atoms with Crippen molar-refractivity contribution in [2.24, 2.45) is 0 Å². The van der Waals surface area contributed by atoms with Crippen molar-refractivity contribution in [3.8, 4) is 11.5 Å². The third-order valence-corrected chi connectivity index (χ3v) is 15.1. The molecule has 7 aromatic rings. The Labute approximate surface area is 318 Å². The van der Waals surface area contributed by atoms with E-state index in [1.807, 2.05) is 43.3 Å². The van der Waals surface area contributed by atoms with Crippen LogP contribution in [-0.4, -0.2) is 23.6 Å². The van der Waals surface area contributed by atoms with E-state index in [1.165, 1.54) is 26.9 Å². The molecule has 0 bridgehead atoms. The smallest absolute Gasteiger partial charge is 0.268 e. The summed E-state index contributed by atoms with van der Waals surface area (Å²) in [6.45, 7) is 1.90. The maximum absolute atomic E-state index is 14.2. The molecule has 0 spiro atoms. The second-order valence-electron chi connectivity index (χ2n) is 13.6. The van der Waals surface area contributed by atoms with E-state index in [4.69, 9.17) is 4.74 Å². The average Bonchev–Trinajstić information content (AvgIpc) is 3.62. The molecule has 0 aliphatic carbocycles. The second kappa shape index (κ2) is 13.5. The van der Waals surface area contributed by atoms with Gasteiger partial charge in [0.05, 0.1) is 11.3 Å². The zero-order valence-corrected chi connectivity index (χ0v) is 30.7. The number of nitrogens with zero attached hydrogens (tertiary/aromatic N) is 2. The Morgan fingerprint density at radius 2 is 0.782 bits per heavy atom. The molecule has 0 atom stereocenters. The van der Waals surface area contributed by atoms with Crippen LogP contribution in [0.25, 0.3) is 0 Å². The second-order valence-corrected chi connectivity index (χ2v) is 17.5. The number of anilines is 2. The molecule has 55 heavy (non-hydrogen) atoms. The Morgan fingerprint density at radius 1 is 0.382 bits per heavy atom. The summed E-state index contributed by atoms with van der Waals surface area (Å²) < 4.78 is 6.15. The van der Waals surface area contributed by atoms with Crippen LogP contribution in [0.15, 0.2) is 176 Å². The van der Waals surface area contributed by atoms with Gasteiger partial charge >= 0.3 is 245 Å². The Kier molecular flexibility index (Phi) is 8.29. The van der Waals surface area contributed by atoms with Gasteiger partial charge in [0, 0.05) is 0 Å². The summed E-state index contributed by atoms with van der Waals surface area (Å²) in [4.78, 5) is 57.2. The van der Waals surface area contributed by atoms with Crippen LogP contribution in [0.5, 0.6) is 11.5 Å². The summed E-state index contributed by atoms with van der Waals surface area (Å²) >= 11 is 0.